The fourth-order valence-electron chi connectivity index (χ4n) is 1.56. The molecule has 90 valence electrons. The van der Waals surface area contributed by atoms with E-state index in [2.05, 4.69) is 5.16 Å². The molecule has 5 heteroatoms. The lowest BCUT2D eigenvalue weighted by Gasteiger charge is -2.16. The molecule has 0 N–H and O–H groups in total. The van der Waals surface area contributed by atoms with Crippen molar-refractivity contribution < 1.29 is 9.32 Å². The second-order valence-corrected chi connectivity index (χ2v) is 3.82. The second kappa shape index (κ2) is 4.72. The van der Waals surface area contributed by atoms with Gasteiger partial charge in [-0.1, -0.05) is 5.16 Å². The topological polar surface area (TPSA) is 70.1 Å². The number of carbonyl (C=O) groups excluding carboxylic acids is 1. The molecule has 1 aromatic heterocycles. The summed E-state index contributed by atoms with van der Waals surface area (Å²) in [6, 6.07) is 8.81. The minimum absolute atomic E-state index is 0.196. The predicted octanol–water partition coefficient (Wildman–Crippen LogP) is 2.13. The Bertz CT molecular complexity index is 608. The van der Waals surface area contributed by atoms with Crippen LogP contribution in [0, 0.1) is 18.3 Å². The highest BCUT2D eigenvalue weighted by molar-refractivity contribution is 6.06. The Labute approximate surface area is 104 Å². The normalized spacial score (nSPS) is 9.83. The molecule has 0 aliphatic heterocycles. The maximum Gasteiger partial charge on any atom is 0.263 e. The molecule has 0 spiro atoms. The van der Waals surface area contributed by atoms with Crippen LogP contribution in [0.2, 0.25) is 0 Å². The van der Waals surface area contributed by atoms with Gasteiger partial charge in [0.1, 0.15) is 11.3 Å². The van der Waals surface area contributed by atoms with E-state index in [9.17, 15) is 4.79 Å². The first-order valence-corrected chi connectivity index (χ1v) is 5.33. The van der Waals surface area contributed by atoms with Crippen LogP contribution in [0.3, 0.4) is 0 Å². The lowest BCUT2D eigenvalue weighted by atomic mass is 10.2. The predicted molar refractivity (Wildman–Crippen MR) is 65.1 cm³/mol. The Morgan fingerprint density at radius 1 is 1.39 bits per heavy atom. The number of aryl methyl sites for hydroxylation is 1. The molecule has 18 heavy (non-hydrogen) atoms. The first kappa shape index (κ1) is 11.9. The summed E-state index contributed by atoms with van der Waals surface area (Å²) < 4.78 is 4.87. The smallest absolute Gasteiger partial charge is 0.263 e. The van der Waals surface area contributed by atoms with E-state index in [-0.39, 0.29) is 5.91 Å². The van der Waals surface area contributed by atoms with Crippen molar-refractivity contribution in [2.45, 2.75) is 6.92 Å². The zero-order valence-corrected chi connectivity index (χ0v) is 10.0. The van der Waals surface area contributed by atoms with Crippen molar-refractivity contribution in [1.29, 1.82) is 5.26 Å². The van der Waals surface area contributed by atoms with Crippen LogP contribution in [0.4, 0.5) is 5.69 Å². The molecular formula is C13H11N3O2. The van der Waals surface area contributed by atoms with Gasteiger partial charge in [0.15, 0.2) is 0 Å². The Balaban J connectivity index is 2.26. The van der Waals surface area contributed by atoms with E-state index in [1.54, 1.807) is 38.2 Å². The van der Waals surface area contributed by atoms with Crippen molar-refractivity contribution in [3.8, 4) is 6.07 Å². The van der Waals surface area contributed by atoms with Crippen molar-refractivity contribution in [3.63, 3.8) is 0 Å². The minimum atomic E-state index is -0.196. The summed E-state index contributed by atoms with van der Waals surface area (Å²) in [6.45, 7) is 1.69. The summed E-state index contributed by atoms with van der Waals surface area (Å²) in [6.07, 6.45) is 1.40. The third-order valence-electron chi connectivity index (χ3n) is 2.67. The second-order valence-electron chi connectivity index (χ2n) is 3.82. The summed E-state index contributed by atoms with van der Waals surface area (Å²) in [5.74, 6) is 0.291. The molecule has 2 rings (SSSR count). The molecule has 0 aliphatic rings. The number of rotatable bonds is 2. The van der Waals surface area contributed by atoms with Crippen LogP contribution in [0.15, 0.2) is 35.0 Å². The number of benzene rings is 1. The maximum absolute atomic E-state index is 12.1. The van der Waals surface area contributed by atoms with Crippen LogP contribution in [-0.2, 0) is 0 Å². The molecule has 0 aliphatic carbocycles. The molecule has 0 saturated carbocycles. The van der Waals surface area contributed by atoms with Gasteiger partial charge in [0, 0.05) is 12.7 Å². The number of carbonyl (C=O) groups is 1. The quantitative estimate of drug-likeness (QED) is 0.807. The lowest BCUT2D eigenvalue weighted by Crippen LogP contribution is -2.26. The monoisotopic (exact) mass is 241 g/mol. The molecule has 0 radical (unpaired) electrons. The number of nitrogens with zero attached hydrogens (tertiary/aromatic N) is 3. The summed E-state index contributed by atoms with van der Waals surface area (Å²) in [7, 11) is 1.66. The van der Waals surface area contributed by atoms with E-state index in [1.807, 2.05) is 6.07 Å². The van der Waals surface area contributed by atoms with Gasteiger partial charge >= 0.3 is 0 Å². The van der Waals surface area contributed by atoms with Gasteiger partial charge in [-0.25, -0.2) is 0 Å². The Morgan fingerprint density at radius 3 is 2.56 bits per heavy atom. The number of amides is 1. The molecule has 0 bridgehead atoms. The van der Waals surface area contributed by atoms with Crippen molar-refractivity contribution in [1.82, 2.24) is 5.16 Å². The van der Waals surface area contributed by atoms with Crippen molar-refractivity contribution in [2.75, 3.05) is 11.9 Å². The number of hydrogen-bond acceptors (Lipinski definition) is 4. The number of anilines is 1. The van der Waals surface area contributed by atoms with Crippen molar-refractivity contribution in [2.24, 2.45) is 0 Å². The fraction of sp³-hybridized carbons (Fsp3) is 0.154. The van der Waals surface area contributed by atoms with Gasteiger partial charge < -0.3 is 9.42 Å². The van der Waals surface area contributed by atoms with E-state index >= 15 is 0 Å². The maximum atomic E-state index is 12.1. The van der Waals surface area contributed by atoms with Crippen LogP contribution in [0.1, 0.15) is 21.7 Å². The third kappa shape index (κ3) is 2.09. The summed E-state index contributed by atoms with van der Waals surface area (Å²) in [5.41, 5.74) is 1.70. The highest BCUT2D eigenvalue weighted by atomic mass is 16.5. The lowest BCUT2D eigenvalue weighted by molar-refractivity contribution is 0.0991. The fourth-order valence-corrected chi connectivity index (χ4v) is 1.56. The van der Waals surface area contributed by atoms with Gasteiger partial charge in [-0.05, 0) is 31.2 Å². The molecule has 1 heterocycles. The largest absolute Gasteiger partial charge is 0.361 e. The third-order valence-corrected chi connectivity index (χ3v) is 2.67. The van der Waals surface area contributed by atoms with E-state index < -0.39 is 0 Å². The molecule has 0 fully saturated rings. The highest BCUT2D eigenvalue weighted by Gasteiger charge is 2.18. The summed E-state index contributed by atoms with van der Waals surface area (Å²) in [5, 5.41) is 12.3. The molecule has 2 aromatic rings. The van der Waals surface area contributed by atoms with Gasteiger partial charge in [0.05, 0.1) is 17.8 Å². The molecule has 0 atom stereocenters. The average molecular weight is 241 g/mol. The molecule has 5 nitrogen and oxygen atoms in total. The van der Waals surface area contributed by atoms with Gasteiger partial charge in [-0.15, -0.1) is 0 Å². The Hall–Kier alpha value is -2.61. The van der Waals surface area contributed by atoms with E-state index in [4.69, 9.17) is 9.78 Å². The van der Waals surface area contributed by atoms with E-state index in [1.165, 1.54) is 11.1 Å². The molecule has 1 amide bonds. The van der Waals surface area contributed by atoms with Crippen LogP contribution in [0.5, 0.6) is 0 Å². The first-order chi connectivity index (χ1) is 8.63. The molecule has 0 saturated heterocycles. The standard InChI is InChI=1S/C13H11N3O2/c1-9-12(8-15-18-9)13(17)16(2)11-5-3-10(7-14)4-6-11/h3-6,8H,1-2H3. The van der Waals surface area contributed by atoms with Crippen LogP contribution >= 0.6 is 0 Å². The first-order valence-electron chi connectivity index (χ1n) is 5.33. The highest BCUT2D eigenvalue weighted by Crippen LogP contribution is 2.17. The van der Waals surface area contributed by atoms with Gasteiger partial charge in [-0.3, -0.25) is 4.79 Å². The zero-order chi connectivity index (χ0) is 13.1. The molecular weight excluding hydrogens is 230 g/mol. The molecule has 1 aromatic carbocycles. The number of nitriles is 1. The number of hydrogen-bond donors (Lipinski definition) is 0. The van der Waals surface area contributed by atoms with Crippen LogP contribution < -0.4 is 4.90 Å². The van der Waals surface area contributed by atoms with E-state index in [0.29, 0.717) is 22.6 Å². The SMILES string of the molecule is Cc1oncc1C(=O)N(C)c1ccc(C#N)cc1. The Kier molecular flexibility index (Phi) is 3.11. The summed E-state index contributed by atoms with van der Waals surface area (Å²) in [4.78, 5) is 13.6. The van der Waals surface area contributed by atoms with E-state index in [0.717, 1.165) is 0 Å². The van der Waals surface area contributed by atoms with Gasteiger partial charge in [0.2, 0.25) is 0 Å². The van der Waals surface area contributed by atoms with Crippen molar-refractivity contribution in [3.05, 3.63) is 47.3 Å². The number of aromatic nitrogens is 1. The van der Waals surface area contributed by atoms with Crippen LogP contribution in [0.25, 0.3) is 0 Å². The zero-order valence-electron chi connectivity index (χ0n) is 10.0. The van der Waals surface area contributed by atoms with Crippen LogP contribution in [-0.4, -0.2) is 18.1 Å². The summed E-state index contributed by atoms with van der Waals surface area (Å²) >= 11 is 0. The minimum Gasteiger partial charge on any atom is -0.361 e. The average Bonchev–Trinajstić information content (AvgIpc) is 2.83. The van der Waals surface area contributed by atoms with Crippen molar-refractivity contribution >= 4 is 11.6 Å². The van der Waals surface area contributed by atoms with Gasteiger partial charge in [-0.2, -0.15) is 5.26 Å². The van der Waals surface area contributed by atoms with Gasteiger partial charge in [0.25, 0.3) is 5.91 Å². The molecule has 0 unspecified atom stereocenters. The Morgan fingerprint density at radius 2 is 2.06 bits per heavy atom.